The molecule has 5 rings (SSSR count). The molecule has 4 aromatic rings. The Morgan fingerprint density at radius 1 is 0.919 bits per heavy atom. The highest BCUT2D eigenvalue weighted by Gasteiger charge is 2.29. The molecule has 2 heterocycles. The lowest BCUT2D eigenvalue weighted by molar-refractivity contribution is 0.104. The van der Waals surface area contributed by atoms with Gasteiger partial charge in [0.1, 0.15) is 5.82 Å². The van der Waals surface area contributed by atoms with Gasteiger partial charge in [0.25, 0.3) is 0 Å². The Bertz CT molecular complexity index is 1290. The predicted octanol–water partition coefficient (Wildman–Crippen LogP) is 5.80. The number of hydrogen-bond donors (Lipinski definition) is 1. The number of hydrogen-bond acceptors (Lipinski definition) is 4. The van der Waals surface area contributed by atoms with Crippen LogP contribution in [0.1, 0.15) is 17.2 Å². The van der Waals surface area contributed by atoms with Crippen molar-refractivity contribution in [3.63, 3.8) is 0 Å². The number of aromatic amines is 1. The second-order valence-electron chi connectivity index (χ2n) is 9.92. The van der Waals surface area contributed by atoms with Gasteiger partial charge in [-0.25, -0.2) is 4.39 Å². The summed E-state index contributed by atoms with van der Waals surface area (Å²) in [5, 5.41) is 8.40. The minimum Gasteiger partial charge on any atom is -0.308 e. The van der Waals surface area contributed by atoms with E-state index in [-0.39, 0.29) is 11.9 Å². The average Bonchev–Trinajstić information content (AvgIpc) is 3.39. The summed E-state index contributed by atoms with van der Waals surface area (Å²) in [5.74, 6) is -0.223. The molecule has 1 aliphatic rings. The van der Waals surface area contributed by atoms with Crippen molar-refractivity contribution in [2.45, 2.75) is 6.04 Å². The summed E-state index contributed by atoms with van der Waals surface area (Å²) in [6.07, 6.45) is 1.95. The first-order valence-corrected chi connectivity index (χ1v) is 13.1. The molecular weight excluding hydrogens is 485 g/mol. The maximum absolute atomic E-state index is 13.4. The number of halogens is 2. The van der Waals surface area contributed by atoms with Crippen molar-refractivity contribution in [2.75, 3.05) is 53.4 Å². The molecule has 5 nitrogen and oxygen atoms in total. The van der Waals surface area contributed by atoms with Crippen LogP contribution in [0.3, 0.4) is 0 Å². The maximum Gasteiger partial charge on any atom is 0.123 e. The molecule has 1 N–H and O–H groups in total. The van der Waals surface area contributed by atoms with Crippen LogP contribution < -0.4 is 0 Å². The normalized spacial score (nSPS) is 15.8. The van der Waals surface area contributed by atoms with E-state index in [0.717, 1.165) is 67.2 Å². The van der Waals surface area contributed by atoms with Gasteiger partial charge in [-0.3, -0.25) is 14.9 Å². The Balaban J connectivity index is 1.46. The van der Waals surface area contributed by atoms with Gasteiger partial charge in [-0.1, -0.05) is 60.1 Å². The van der Waals surface area contributed by atoms with Gasteiger partial charge in [0.2, 0.25) is 0 Å². The lowest BCUT2D eigenvalue weighted by atomic mass is 9.93. The fourth-order valence-electron chi connectivity index (χ4n) is 5.05. The summed E-state index contributed by atoms with van der Waals surface area (Å²) in [7, 11) is 4.25. The molecule has 37 heavy (non-hydrogen) atoms. The van der Waals surface area contributed by atoms with Gasteiger partial charge in [-0.05, 0) is 55.1 Å². The molecule has 0 aliphatic carbocycles. The summed E-state index contributed by atoms with van der Waals surface area (Å²) in [6.45, 7) is 6.15. The topological polar surface area (TPSA) is 38.4 Å². The maximum atomic E-state index is 13.4. The monoisotopic (exact) mass is 517 g/mol. The van der Waals surface area contributed by atoms with Gasteiger partial charge in [0.05, 0.1) is 17.9 Å². The Kier molecular flexibility index (Phi) is 8.01. The fourth-order valence-corrected chi connectivity index (χ4v) is 5.24. The van der Waals surface area contributed by atoms with Crippen molar-refractivity contribution in [3.8, 4) is 22.4 Å². The highest BCUT2D eigenvalue weighted by Crippen LogP contribution is 2.36. The number of likely N-dealkylation sites (N-methyl/N-ethyl adjacent to an activating group) is 1. The molecule has 0 spiro atoms. The van der Waals surface area contributed by atoms with Crippen LogP contribution in [-0.2, 0) is 0 Å². The molecule has 0 amide bonds. The SMILES string of the molecule is CN(C)CCN1CCN(C(c2ccc(-c3ccc(F)cc3)cc2)c2cn[nH]c2-c2cccc(Cl)c2)CC1. The number of nitrogens with one attached hydrogen (secondary N) is 1. The van der Waals surface area contributed by atoms with Crippen molar-refractivity contribution < 1.29 is 4.39 Å². The Labute approximate surface area is 223 Å². The highest BCUT2D eigenvalue weighted by atomic mass is 35.5. The van der Waals surface area contributed by atoms with Crippen LogP contribution in [0.15, 0.2) is 79.0 Å². The summed E-state index contributed by atoms with van der Waals surface area (Å²) >= 11 is 6.34. The molecular formula is C30H33ClFN5. The van der Waals surface area contributed by atoms with E-state index in [1.165, 1.54) is 17.7 Å². The third-order valence-electron chi connectivity index (χ3n) is 7.12. The van der Waals surface area contributed by atoms with Crippen LogP contribution in [0, 0.1) is 5.82 Å². The van der Waals surface area contributed by atoms with E-state index >= 15 is 0 Å². The molecule has 0 radical (unpaired) electrons. The zero-order chi connectivity index (χ0) is 25.8. The van der Waals surface area contributed by atoms with Crippen molar-refractivity contribution in [1.29, 1.82) is 0 Å². The minimum atomic E-state index is -0.223. The van der Waals surface area contributed by atoms with E-state index in [2.05, 4.69) is 69.3 Å². The molecule has 0 saturated carbocycles. The third kappa shape index (κ3) is 6.11. The fraction of sp³-hybridized carbons (Fsp3) is 0.300. The minimum absolute atomic E-state index is 0.0472. The number of benzene rings is 3. The Hall–Kier alpha value is -3.03. The van der Waals surface area contributed by atoms with E-state index in [4.69, 9.17) is 11.6 Å². The van der Waals surface area contributed by atoms with E-state index in [0.29, 0.717) is 5.02 Å². The van der Waals surface area contributed by atoms with Crippen LogP contribution >= 0.6 is 11.6 Å². The van der Waals surface area contributed by atoms with Gasteiger partial charge >= 0.3 is 0 Å². The molecule has 1 aliphatic heterocycles. The molecule has 192 valence electrons. The standard InChI is InChI=1S/C30H33ClFN5/c1-35(2)14-15-36-16-18-37(19-17-36)30(28-21-33-34-29(28)25-4-3-5-26(31)20-25)24-8-6-22(7-9-24)23-10-12-27(32)13-11-23/h3-13,20-21,30H,14-19H2,1-2H3,(H,33,34). The lowest BCUT2D eigenvalue weighted by Crippen LogP contribution is -2.49. The summed E-state index contributed by atoms with van der Waals surface area (Å²) < 4.78 is 13.4. The highest BCUT2D eigenvalue weighted by molar-refractivity contribution is 6.30. The van der Waals surface area contributed by atoms with Crippen LogP contribution in [0.25, 0.3) is 22.4 Å². The summed E-state index contributed by atoms with van der Waals surface area (Å²) in [6, 6.07) is 23.2. The number of rotatable bonds is 8. The van der Waals surface area contributed by atoms with Crippen molar-refractivity contribution in [2.24, 2.45) is 0 Å². The second kappa shape index (κ2) is 11.6. The zero-order valence-electron chi connectivity index (χ0n) is 21.4. The Morgan fingerprint density at radius 3 is 2.24 bits per heavy atom. The molecule has 1 atom stereocenters. The van der Waals surface area contributed by atoms with Gasteiger partial charge in [-0.15, -0.1) is 0 Å². The zero-order valence-corrected chi connectivity index (χ0v) is 22.1. The first-order valence-electron chi connectivity index (χ1n) is 12.7. The van der Waals surface area contributed by atoms with Gasteiger partial charge in [0, 0.05) is 55.4 Å². The van der Waals surface area contributed by atoms with E-state index in [1.807, 2.05) is 36.5 Å². The van der Waals surface area contributed by atoms with Crippen molar-refractivity contribution in [1.82, 2.24) is 24.9 Å². The van der Waals surface area contributed by atoms with Crippen LogP contribution in [0.2, 0.25) is 5.02 Å². The van der Waals surface area contributed by atoms with Crippen molar-refractivity contribution in [3.05, 3.63) is 101 Å². The Morgan fingerprint density at radius 2 is 1.59 bits per heavy atom. The summed E-state index contributed by atoms with van der Waals surface area (Å²) in [4.78, 5) is 7.33. The molecule has 3 aromatic carbocycles. The first kappa shape index (κ1) is 25.6. The molecule has 7 heteroatoms. The van der Waals surface area contributed by atoms with Gasteiger partial charge in [-0.2, -0.15) is 5.10 Å². The number of nitrogens with zero attached hydrogens (tertiary/aromatic N) is 4. The summed E-state index contributed by atoms with van der Waals surface area (Å²) in [5.41, 5.74) is 6.43. The van der Waals surface area contributed by atoms with Crippen LogP contribution in [-0.4, -0.2) is 78.3 Å². The molecule has 1 unspecified atom stereocenters. The predicted molar refractivity (Wildman–Crippen MR) is 149 cm³/mol. The number of piperazine rings is 1. The van der Waals surface area contributed by atoms with E-state index in [9.17, 15) is 4.39 Å². The smallest absolute Gasteiger partial charge is 0.123 e. The number of H-pyrrole nitrogens is 1. The average molecular weight is 518 g/mol. The molecule has 1 aromatic heterocycles. The first-order chi connectivity index (χ1) is 18.0. The number of aromatic nitrogens is 2. The van der Waals surface area contributed by atoms with Gasteiger partial charge < -0.3 is 4.90 Å². The van der Waals surface area contributed by atoms with Crippen molar-refractivity contribution >= 4 is 11.6 Å². The second-order valence-corrected chi connectivity index (χ2v) is 10.4. The molecule has 1 fully saturated rings. The largest absolute Gasteiger partial charge is 0.308 e. The lowest BCUT2D eigenvalue weighted by Gasteiger charge is -2.40. The van der Waals surface area contributed by atoms with Crippen LogP contribution in [0.4, 0.5) is 4.39 Å². The third-order valence-corrected chi connectivity index (χ3v) is 7.35. The van der Waals surface area contributed by atoms with E-state index in [1.54, 1.807) is 0 Å². The molecule has 0 bridgehead atoms. The van der Waals surface area contributed by atoms with Crippen LogP contribution in [0.5, 0.6) is 0 Å². The van der Waals surface area contributed by atoms with Gasteiger partial charge in [0.15, 0.2) is 0 Å². The molecule has 1 saturated heterocycles. The van der Waals surface area contributed by atoms with E-state index < -0.39 is 0 Å². The quantitative estimate of drug-likeness (QED) is 0.320.